The number of phosphoric ester groups is 1. The molecular formula is C21H21N10O10P. The van der Waals surface area contributed by atoms with E-state index in [9.17, 15) is 19.4 Å². The second-order valence-electron chi connectivity index (χ2n) is 10.7. The molecule has 4 aromatic rings. The normalized spacial score (nSPS) is 42.2. The first-order valence-corrected chi connectivity index (χ1v) is 14.2. The number of nitrogens with zero attached hydrogens (tertiary/aromatic N) is 7. The quantitative estimate of drug-likeness (QED) is 0.153. The van der Waals surface area contributed by atoms with Crippen LogP contribution < -0.4 is 17.0 Å². The van der Waals surface area contributed by atoms with Crippen molar-refractivity contribution in [3.05, 3.63) is 29.3 Å². The lowest BCUT2D eigenvalue weighted by atomic mass is 10.0. The molecule has 220 valence electrons. The number of imidazole rings is 2. The summed E-state index contributed by atoms with van der Waals surface area (Å²) in [5.74, 6) is -0.286. The van der Waals surface area contributed by atoms with E-state index in [4.69, 9.17) is 39.5 Å². The van der Waals surface area contributed by atoms with Crippen molar-refractivity contribution in [3.63, 3.8) is 0 Å². The molecule has 9 rings (SSSR count). The van der Waals surface area contributed by atoms with Crippen molar-refractivity contribution in [2.24, 2.45) is 5.92 Å². The number of H-pyrrole nitrogens is 1. The zero-order valence-electron chi connectivity index (χ0n) is 21.1. The average Bonchev–Trinajstić information content (AvgIpc) is 3.53. The summed E-state index contributed by atoms with van der Waals surface area (Å²) in [7, 11) is -4.86. The third-order valence-corrected chi connectivity index (χ3v) is 9.61. The van der Waals surface area contributed by atoms with Crippen LogP contribution >= 0.6 is 7.82 Å². The van der Waals surface area contributed by atoms with E-state index in [1.165, 1.54) is 23.5 Å². The molecule has 2 bridgehead atoms. The first kappa shape index (κ1) is 25.0. The van der Waals surface area contributed by atoms with E-state index in [1.54, 1.807) is 4.57 Å². The van der Waals surface area contributed by atoms with Gasteiger partial charge < -0.3 is 40.4 Å². The van der Waals surface area contributed by atoms with Gasteiger partial charge in [-0.15, -0.1) is 0 Å². The van der Waals surface area contributed by atoms with Crippen molar-refractivity contribution in [1.82, 2.24) is 39.0 Å². The molecule has 8 heterocycles. The fourth-order valence-corrected chi connectivity index (χ4v) is 7.70. The van der Waals surface area contributed by atoms with Crippen molar-refractivity contribution < 1.29 is 42.6 Å². The van der Waals surface area contributed by atoms with E-state index >= 15 is 0 Å². The molecule has 0 aromatic carbocycles. The monoisotopic (exact) mass is 604 g/mol. The topological polar surface area (TPSA) is 272 Å². The maximum absolute atomic E-state index is 13.2. The van der Waals surface area contributed by atoms with Gasteiger partial charge in [-0.1, -0.05) is 0 Å². The van der Waals surface area contributed by atoms with Crippen LogP contribution in [0.25, 0.3) is 22.3 Å². The number of aromatic amines is 1. The van der Waals surface area contributed by atoms with Crippen molar-refractivity contribution >= 4 is 41.9 Å². The van der Waals surface area contributed by atoms with Gasteiger partial charge in [-0.25, -0.2) is 24.5 Å². The van der Waals surface area contributed by atoms with Crippen molar-refractivity contribution in [1.29, 1.82) is 0 Å². The Labute approximate surface area is 232 Å². The summed E-state index contributed by atoms with van der Waals surface area (Å²) in [6.45, 7) is -0.484. The second kappa shape index (κ2) is 7.86. The summed E-state index contributed by atoms with van der Waals surface area (Å²) >= 11 is 0. The minimum atomic E-state index is -4.86. The van der Waals surface area contributed by atoms with Gasteiger partial charge in [0.25, 0.3) is 5.56 Å². The SMILES string of the molecule is Nc1nc2c(ncn2C2OC3OCC45OC6C(n7cnc8c(N)ncnc87)O[C@]4(COP(=O)(O)OC2C3O)C65)c(=O)[nH]1. The lowest BCUT2D eigenvalue weighted by Gasteiger charge is -2.42. The Balaban J connectivity index is 1.04. The number of fused-ring (bicyclic) bond motifs is 4. The molecule has 4 saturated heterocycles. The number of anilines is 2. The van der Waals surface area contributed by atoms with Gasteiger partial charge in [0, 0.05) is 0 Å². The molecule has 21 heteroatoms. The minimum absolute atomic E-state index is 0.00131. The van der Waals surface area contributed by atoms with Crippen LogP contribution in [0.3, 0.4) is 0 Å². The van der Waals surface area contributed by atoms with E-state index in [2.05, 4.69) is 29.9 Å². The molecule has 4 aliphatic heterocycles. The smallest absolute Gasteiger partial charge is 0.385 e. The Bertz CT molecular complexity index is 1920. The summed E-state index contributed by atoms with van der Waals surface area (Å²) in [6, 6.07) is 0. The number of rotatable bonds is 2. The van der Waals surface area contributed by atoms with Crippen molar-refractivity contribution in [3.8, 4) is 0 Å². The number of phosphoric acid groups is 1. The highest BCUT2D eigenvalue weighted by Gasteiger charge is 2.95. The van der Waals surface area contributed by atoms with Gasteiger partial charge in [0.15, 0.2) is 41.4 Å². The first-order valence-electron chi connectivity index (χ1n) is 12.7. The molecule has 2 spiro atoms. The maximum atomic E-state index is 13.2. The molecule has 0 radical (unpaired) electrons. The molecule has 7 N–H and O–H groups in total. The number of nitrogens with one attached hydrogen (secondary N) is 1. The second-order valence-corrected chi connectivity index (χ2v) is 12.1. The number of ether oxygens (including phenoxy) is 4. The molecular weight excluding hydrogens is 583 g/mol. The van der Waals surface area contributed by atoms with Gasteiger partial charge >= 0.3 is 7.82 Å². The Morgan fingerprint density at radius 2 is 1.76 bits per heavy atom. The summed E-state index contributed by atoms with van der Waals surface area (Å²) in [5, 5.41) is 11.1. The van der Waals surface area contributed by atoms with Crippen molar-refractivity contribution in [2.45, 2.75) is 48.3 Å². The highest BCUT2D eigenvalue weighted by molar-refractivity contribution is 7.47. The zero-order valence-corrected chi connectivity index (χ0v) is 22.0. The molecule has 5 aliphatic rings. The summed E-state index contributed by atoms with van der Waals surface area (Å²) in [4.78, 5) is 46.0. The highest BCUT2D eigenvalue weighted by Crippen LogP contribution is 2.78. The van der Waals surface area contributed by atoms with Gasteiger partial charge in [0.1, 0.15) is 41.4 Å². The number of hydrogen-bond acceptors (Lipinski definition) is 16. The number of nitrogens with two attached hydrogens (primary N) is 2. The largest absolute Gasteiger partial charge is 0.472 e. The summed E-state index contributed by atoms with van der Waals surface area (Å²) < 4.78 is 51.7. The third-order valence-electron chi connectivity index (χ3n) is 8.64. The lowest BCUT2D eigenvalue weighted by molar-refractivity contribution is -0.288. The minimum Gasteiger partial charge on any atom is -0.385 e. The van der Waals surface area contributed by atoms with Crippen LogP contribution in [0.5, 0.6) is 0 Å². The van der Waals surface area contributed by atoms with Gasteiger partial charge in [0.05, 0.1) is 31.8 Å². The van der Waals surface area contributed by atoms with Gasteiger partial charge in [-0.3, -0.25) is 28.0 Å². The first-order chi connectivity index (χ1) is 20.1. The van der Waals surface area contributed by atoms with Crippen molar-refractivity contribution in [2.75, 3.05) is 24.7 Å². The van der Waals surface area contributed by atoms with E-state index in [0.29, 0.717) is 11.2 Å². The standard InChI is InChI=1S/C21H21N10O10P/c22-12-6-13(25-3-24-12)30(4-26-6)17-10-11-20(39-10)1-36-18-8(32)9(41-42(34,35)37-2-21(11,20)40-17)16(38-18)31-5-27-7-14(31)28-19(23)29-15(7)33/h3-5,8-11,16-18,32H,1-2H2,(H,34,35)(H2,22,24,25)(H3,23,28,29,33)/t8?,9?,10?,11?,16?,17?,18?,20?,21-/m1/s1. The van der Waals surface area contributed by atoms with Gasteiger partial charge in [-0.05, 0) is 0 Å². The van der Waals surface area contributed by atoms with Crippen LogP contribution in [0.1, 0.15) is 12.5 Å². The van der Waals surface area contributed by atoms with Gasteiger partial charge in [-0.2, -0.15) is 4.98 Å². The van der Waals surface area contributed by atoms with E-state index in [-0.39, 0.29) is 42.1 Å². The molecule has 1 saturated carbocycles. The molecule has 0 amide bonds. The van der Waals surface area contributed by atoms with Crippen LogP contribution in [0, 0.1) is 5.92 Å². The number of aliphatic hydroxyl groups is 1. The molecule has 1 aliphatic carbocycles. The number of aliphatic hydroxyl groups excluding tert-OH is 1. The molecule has 9 unspecified atom stereocenters. The summed E-state index contributed by atoms with van der Waals surface area (Å²) in [5.41, 5.74) is 9.56. The van der Waals surface area contributed by atoms with Crippen LogP contribution in [0.4, 0.5) is 11.8 Å². The predicted octanol–water partition coefficient (Wildman–Crippen LogP) is -2.09. The number of nitrogen functional groups attached to an aromatic ring is 2. The van der Waals surface area contributed by atoms with Crippen LogP contribution in [0.2, 0.25) is 0 Å². The zero-order chi connectivity index (χ0) is 28.8. The average molecular weight is 604 g/mol. The van der Waals surface area contributed by atoms with E-state index in [1.807, 2.05) is 0 Å². The Kier molecular flexibility index (Phi) is 4.67. The third kappa shape index (κ3) is 3.00. The number of hydrogen-bond donors (Lipinski definition) is 5. The summed E-state index contributed by atoms with van der Waals surface area (Å²) in [6.07, 6.45) is -2.85. The van der Waals surface area contributed by atoms with Gasteiger partial charge in [0.2, 0.25) is 5.95 Å². The Morgan fingerprint density at radius 3 is 2.60 bits per heavy atom. The molecule has 5 fully saturated rings. The van der Waals surface area contributed by atoms with Crippen LogP contribution in [0.15, 0.2) is 23.8 Å². The fraction of sp³-hybridized carbons (Fsp3) is 0.524. The Morgan fingerprint density at radius 1 is 1.00 bits per heavy atom. The lowest BCUT2D eigenvalue weighted by Crippen LogP contribution is -2.54. The molecule has 20 nitrogen and oxygen atoms in total. The van der Waals surface area contributed by atoms with E-state index < -0.39 is 61.6 Å². The predicted molar refractivity (Wildman–Crippen MR) is 133 cm³/mol. The number of aromatic nitrogens is 8. The van der Waals surface area contributed by atoms with Crippen LogP contribution in [-0.2, 0) is 32.6 Å². The maximum Gasteiger partial charge on any atom is 0.472 e. The fourth-order valence-electron chi connectivity index (χ4n) is 6.75. The van der Waals surface area contributed by atoms with Crippen LogP contribution in [-0.4, -0.2) is 98.1 Å². The molecule has 10 atom stereocenters. The molecule has 42 heavy (non-hydrogen) atoms. The molecule has 4 aromatic heterocycles. The highest BCUT2D eigenvalue weighted by atomic mass is 31.2. The Hall–Kier alpha value is -3.59. The van der Waals surface area contributed by atoms with E-state index in [0.717, 1.165) is 0 Å².